The average molecular weight is 366 g/mol. The minimum Gasteiger partial charge on any atom is -0.465 e. The third-order valence-corrected chi connectivity index (χ3v) is 7.85. The molecule has 4 rings (SSSR count). The summed E-state index contributed by atoms with van der Waals surface area (Å²) in [5, 5.41) is 9.32. The van der Waals surface area contributed by atoms with E-state index in [0.29, 0.717) is 24.0 Å². The lowest BCUT2D eigenvalue weighted by Crippen LogP contribution is -2.63. The lowest BCUT2D eigenvalue weighted by atomic mass is 9.54. The molecule has 3 atom stereocenters. The van der Waals surface area contributed by atoms with E-state index in [1.807, 2.05) is 0 Å². The zero-order chi connectivity index (χ0) is 18.3. The second-order valence-electron chi connectivity index (χ2n) is 8.89. The molecule has 4 fully saturated rings. The van der Waals surface area contributed by atoms with Crippen LogP contribution in [0.15, 0.2) is 0 Å². The quantitative estimate of drug-likeness (QED) is 0.810. The van der Waals surface area contributed by atoms with Gasteiger partial charge in [0.25, 0.3) is 0 Å². The fourth-order valence-corrected chi connectivity index (χ4v) is 6.35. The van der Waals surface area contributed by atoms with Gasteiger partial charge in [-0.3, -0.25) is 9.80 Å². The van der Waals surface area contributed by atoms with Crippen LogP contribution >= 0.6 is 0 Å². The molecule has 0 aromatic rings. The number of nitrogens with zero attached hydrogens (tertiary/aromatic N) is 3. The first-order valence-electron chi connectivity index (χ1n) is 10.6. The van der Waals surface area contributed by atoms with Crippen molar-refractivity contribution in [1.29, 1.82) is 0 Å². The first-order chi connectivity index (χ1) is 12.6. The van der Waals surface area contributed by atoms with Gasteiger partial charge < -0.3 is 14.7 Å². The maximum Gasteiger partial charge on any atom is 0.407 e. The van der Waals surface area contributed by atoms with E-state index in [1.165, 1.54) is 38.8 Å². The Labute approximate surface area is 157 Å². The third kappa shape index (κ3) is 3.04. The monoisotopic (exact) mass is 365 g/mol. The Morgan fingerprint density at radius 3 is 2.42 bits per heavy atom. The number of likely N-dealkylation sites (tertiary alicyclic amines) is 2. The first-order valence-corrected chi connectivity index (χ1v) is 10.6. The normalized spacial score (nSPS) is 36.5. The van der Waals surface area contributed by atoms with Crippen LogP contribution in [0.3, 0.4) is 0 Å². The number of likely N-dealkylation sites (N-methyl/N-ethyl adjacent to an activating group) is 1. The van der Waals surface area contributed by atoms with E-state index >= 15 is 0 Å². The van der Waals surface area contributed by atoms with Gasteiger partial charge >= 0.3 is 6.09 Å². The van der Waals surface area contributed by atoms with Gasteiger partial charge in [0, 0.05) is 25.2 Å². The van der Waals surface area contributed by atoms with Gasteiger partial charge in [-0.05, 0) is 56.7 Å². The summed E-state index contributed by atoms with van der Waals surface area (Å²) in [6, 6.07) is 2.04. The molecule has 6 heteroatoms. The summed E-state index contributed by atoms with van der Waals surface area (Å²) in [4.78, 5) is 18.4. The van der Waals surface area contributed by atoms with Gasteiger partial charge in [-0.1, -0.05) is 20.3 Å². The van der Waals surface area contributed by atoms with Crippen LogP contribution < -0.4 is 0 Å². The number of hydrogen-bond donors (Lipinski definition) is 1. The molecule has 1 aliphatic carbocycles. The van der Waals surface area contributed by atoms with E-state index in [-0.39, 0.29) is 5.41 Å². The van der Waals surface area contributed by atoms with Gasteiger partial charge in [-0.15, -0.1) is 0 Å². The van der Waals surface area contributed by atoms with Crippen molar-refractivity contribution in [1.82, 2.24) is 14.7 Å². The van der Waals surface area contributed by atoms with Gasteiger partial charge in [0.05, 0.1) is 19.3 Å². The van der Waals surface area contributed by atoms with Crippen molar-refractivity contribution in [3.8, 4) is 0 Å². The molecule has 3 saturated heterocycles. The topological polar surface area (TPSA) is 56.2 Å². The van der Waals surface area contributed by atoms with Crippen molar-refractivity contribution >= 4 is 6.09 Å². The molecule has 6 nitrogen and oxygen atoms in total. The molecule has 3 heterocycles. The van der Waals surface area contributed by atoms with Crippen LogP contribution in [0.2, 0.25) is 0 Å². The van der Waals surface area contributed by atoms with Crippen molar-refractivity contribution < 1.29 is 14.6 Å². The van der Waals surface area contributed by atoms with E-state index < -0.39 is 6.09 Å². The van der Waals surface area contributed by atoms with Crippen molar-refractivity contribution in [3.63, 3.8) is 0 Å². The van der Waals surface area contributed by atoms with Crippen molar-refractivity contribution in [2.45, 2.75) is 64.1 Å². The van der Waals surface area contributed by atoms with Gasteiger partial charge in [0.1, 0.15) is 0 Å². The molecule has 1 saturated carbocycles. The summed E-state index contributed by atoms with van der Waals surface area (Å²) in [5.74, 6) is 0.672. The summed E-state index contributed by atoms with van der Waals surface area (Å²) in [5.41, 5.74) is 0.271. The molecule has 0 radical (unpaired) electrons. The molecule has 0 aromatic carbocycles. The number of piperidine rings is 1. The smallest absolute Gasteiger partial charge is 0.407 e. The Morgan fingerprint density at radius 1 is 1.19 bits per heavy atom. The molecule has 148 valence electrons. The molecule has 4 aliphatic rings. The minimum atomic E-state index is -0.736. The van der Waals surface area contributed by atoms with Crippen LogP contribution in [0.1, 0.15) is 46.0 Å². The molecule has 0 aromatic heterocycles. The predicted molar refractivity (Wildman–Crippen MR) is 100 cm³/mol. The highest BCUT2D eigenvalue weighted by Crippen LogP contribution is 2.56. The Hall–Kier alpha value is -0.850. The van der Waals surface area contributed by atoms with Crippen molar-refractivity contribution in [2.75, 3.05) is 45.9 Å². The van der Waals surface area contributed by atoms with Crippen LogP contribution in [-0.4, -0.2) is 90.0 Å². The zero-order valence-corrected chi connectivity index (χ0v) is 16.4. The molecular formula is C20H35N3O3. The second kappa shape index (κ2) is 7.28. The Morgan fingerprint density at radius 2 is 1.92 bits per heavy atom. The lowest BCUT2D eigenvalue weighted by molar-refractivity contribution is -0.104. The van der Waals surface area contributed by atoms with Crippen molar-refractivity contribution in [2.24, 2.45) is 11.3 Å². The average Bonchev–Trinajstić information content (AvgIpc) is 3.04. The highest BCUT2D eigenvalue weighted by Gasteiger charge is 2.58. The third-order valence-electron chi connectivity index (χ3n) is 7.85. The number of rotatable bonds is 5. The van der Waals surface area contributed by atoms with Crippen LogP contribution in [0.4, 0.5) is 4.79 Å². The molecule has 1 N–H and O–H groups in total. The fourth-order valence-electron chi connectivity index (χ4n) is 6.35. The summed E-state index contributed by atoms with van der Waals surface area (Å²) in [6.07, 6.45) is 5.25. The molecule has 1 spiro atoms. The van der Waals surface area contributed by atoms with E-state index in [1.54, 1.807) is 4.90 Å². The number of amides is 1. The Balaban J connectivity index is 1.32. The lowest BCUT2D eigenvalue weighted by Gasteiger charge is -2.58. The predicted octanol–water partition coefficient (Wildman–Crippen LogP) is 2.34. The molecular weight excluding hydrogens is 330 g/mol. The van der Waals surface area contributed by atoms with E-state index in [2.05, 4.69) is 23.6 Å². The molecule has 1 amide bonds. The molecule has 0 bridgehead atoms. The van der Waals surface area contributed by atoms with E-state index in [9.17, 15) is 9.90 Å². The van der Waals surface area contributed by atoms with E-state index in [0.717, 1.165) is 39.3 Å². The molecule has 26 heavy (non-hydrogen) atoms. The van der Waals surface area contributed by atoms with Crippen LogP contribution in [0.25, 0.3) is 0 Å². The highest BCUT2D eigenvalue weighted by atomic mass is 16.5. The van der Waals surface area contributed by atoms with Gasteiger partial charge in [0.2, 0.25) is 0 Å². The van der Waals surface area contributed by atoms with Crippen LogP contribution in [-0.2, 0) is 4.74 Å². The van der Waals surface area contributed by atoms with Crippen molar-refractivity contribution in [3.05, 3.63) is 0 Å². The number of hydrogen-bond acceptors (Lipinski definition) is 4. The maximum atomic E-state index is 11.3. The first kappa shape index (κ1) is 18.5. The second-order valence-corrected chi connectivity index (χ2v) is 8.89. The standard InChI is InChI=1S/C20H35N3O3/c1-3-17-18(11-20(17)7-10-22(14-20)19(24)25)21-8-5-15(6-9-21)23(4-2)16-12-26-13-16/h15-18H,3-14H2,1-2H3,(H,24,25). The van der Waals surface area contributed by atoms with Crippen LogP contribution in [0, 0.1) is 11.3 Å². The number of ether oxygens (including phenoxy) is 1. The fraction of sp³-hybridized carbons (Fsp3) is 0.950. The van der Waals surface area contributed by atoms with Gasteiger partial charge in [0.15, 0.2) is 0 Å². The van der Waals surface area contributed by atoms with E-state index in [4.69, 9.17) is 4.74 Å². The highest BCUT2D eigenvalue weighted by molar-refractivity contribution is 5.65. The summed E-state index contributed by atoms with van der Waals surface area (Å²) in [6.45, 7) is 11.4. The van der Waals surface area contributed by atoms with Crippen LogP contribution in [0.5, 0.6) is 0 Å². The Kier molecular flexibility index (Phi) is 5.19. The van der Waals surface area contributed by atoms with Gasteiger partial charge in [-0.2, -0.15) is 0 Å². The summed E-state index contributed by atoms with van der Waals surface area (Å²) >= 11 is 0. The zero-order valence-electron chi connectivity index (χ0n) is 16.4. The minimum absolute atomic E-state index is 0.271. The van der Waals surface area contributed by atoms with Gasteiger partial charge in [-0.25, -0.2) is 4.79 Å². The maximum absolute atomic E-state index is 11.3. The number of carbonyl (C=O) groups is 1. The SMILES string of the molecule is CCC1C(N2CCC(N(CC)C3COC3)CC2)CC12CCN(C(=O)O)C2. The molecule has 3 unspecified atom stereocenters. The number of carboxylic acid groups (broad SMARTS) is 1. The largest absolute Gasteiger partial charge is 0.465 e. The Bertz CT molecular complexity index is 518. The summed E-state index contributed by atoms with van der Waals surface area (Å²) in [7, 11) is 0. The molecule has 3 aliphatic heterocycles. The summed E-state index contributed by atoms with van der Waals surface area (Å²) < 4.78 is 5.40.